The fraction of sp³-hybridized carbons (Fsp3) is 0.909. The van der Waals surface area contributed by atoms with Crippen LogP contribution in [0, 0.1) is 5.41 Å². The number of hydrogen-bond donors (Lipinski definition) is 0. The molecule has 1 fully saturated rings. The summed E-state index contributed by atoms with van der Waals surface area (Å²) >= 11 is 3.35. The summed E-state index contributed by atoms with van der Waals surface area (Å²) in [5.74, 6) is -0.181. The maximum absolute atomic E-state index is 11.2. The van der Waals surface area contributed by atoms with Gasteiger partial charge in [-0.05, 0) is 31.3 Å². The number of carbonyl (C=O) groups excluding carboxylic acids is 1. The van der Waals surface area contributed by atoms with Crippen LogP contribution in [-0.4, -0.2) is 42.4 Å². The predicted octanol–water partition coefficient (Wildman–Crippen LogP) is 2.04. The number of nitrogens with zero attached hydrogens (tertiary/aromatic N) is 1. The van der Waals surface area contributed by atoms with E-state index in [-0.39, 0.29) is 10.8 Å². The average Bonchev–Trinajstić information content (AvgIpc) is 2.20. The summed E-state index contributed by atoms with van der Waals surface area (Å²) in [7, 11) is 1.43. The molecule has 1 atom stereocenters. The number of halogens is 1. The lowest BCUT2D eigenvalue weighted by Crippen LogP contribution is -2.41. The molecular weight excluding hydrogens is 258 g/mol. The van der Waals surface area contributed by atoms with E-state index in [0.29, 0.717) is 5.41 Å². The van der Waals surface area contributed by atoms with E-state index in [1.807, 2.05) is 0 Å². The van der Waals surface area contributed by atoms with E-state index in [1.165, 1.54) is 20.0 Å². The fourth-order valence-electron chi connectivity index (χ4n) is 1.77. The minimum Gasteiger partial charge on any atom is -0.468 e. The Hall–Kier alpha value is -0.0900. The summed E-state index contributed by atoms with van der Waals surface area (Å²) in [5.41, 5.74) is 0.462. The van der Waals surface area contributed by atoms with Crippen molar-refractivity contribution in [3.8, 4) is 0 Å². The third kappa shape index (κ3) is 4.11. The zero-order chi connectivity index (χ0) is 11.5. The molecule has 0 radical (unpaired) electrons. The Morgan fingerprint density at radius 3 is 2.47 bits per heavy atom. The second-order valence-electron chi connectivity index (χ2n) is 4.96. The predicted molar refractivity (Wildman–Crippen MR) is 64.2 cm³/mol. The molecule has 1 aliphatic rings. The number of carbonyl (C=O) groups is 1. The van der Waals surface area contributed by atoms with Crippen molar-refractivity contribution in [2.24, 2.45) is 5.41 Å². The smallest absolute Gasteiger partial charge is 0.320 e. The van der Waals surface area contributed by atoms with Gasteiger partial charge < -0.3 is 9.64 Å². The molecule has 15 heavy (non-hydrogen) atoms. The maximum Gasteiger partial charge on any atom is 0.320 e. The Labute approximate surface area is 100 Å². The number of rotatable bonds is 3. The molecule has 0 aromatic heterocycles. The number of esters is 1. The molecule has 1 rings (SSSR count). The maximum atomic E-state index is 11.2. The molecule has 0 aromatic carbocycles. The van der Waals surface area contributed by atoms with Crippen LogP contribution >= 0.6 is 15.9 Å². The van der Waals surface area contributed by atoms with Gasteiger partial charge in [-0.25, -0.2) is 0 Å². The van der Waals surface area contributed by atoms with Crippen molar-refractivity contribution < 1.29 is 9.53 Å². The number of alkyl halides is 1. The Kier molecular flexibility index (Phi) is 4.59. The van der Waals surface area contributed by atoms with Crippen molar-refractivity contribution in [1.82, 2.24) is 4.90 Å². The number of methoxy groups -OCH3 is 1. The number of ether oxygens (including phenoxy) is 1. The van der Waals surface area contributed by atoms with Crippen LogP contribution in [0.3, 0.4) is 0 Å². The lowest BCUT2D eigenvalue weighted by Gasteiger charge is -2.37. The van der Waals surface area contributed by atoms with E-state index in [0.717, 1.165) is 19.6 Å². The third-order valence-electron chi connectivity index (χ3n) is 3.09. The first-order chi connectivity index (χ1) is 6.94. The Morgan fingerprint density at radius 2 is 2.00 bits per heavy atom. The molecule has 0 saturated carbocycles. The van der Waals surface area contributed by atoms with Crippen LogP contribution in [0.15, 0.2) is 0 Å². The summed E-state index contributed by atoms with van der Waals surface area (Å²) in [6, 6.07) is 0. The SMILES string of the molecule is COC(=O)C(Br)CN1CCC(C)(C)CC1. The lowest BCUT2D eigenvalue weighted by molar-refractivity contribution is -0.140. The highest BCUT2D eigenvalue weighted by molar-refractivity contribution is 9.10. The highest BCUT2D eigenvalue weighted by Crippen LogP contribution is 2.29. The zero-order valence-corrected chi connectivity index (χ0v) is 11.3. The second-order valence-corrected chi connectivity index (χ2v) is 6.06. The van der Waals surface area contributed by atoms with Gasteiger partial charge in [-0.1, -0.05) is 29.8 Å². The lowest BCUT2D eigenvalue weighted by atomic mass is 9.83. The minimum atomic E-state index is -0.191. The monoisotopic (exact) mass is 277 g/mol. The minimum absolute atomic E-state index is 0.181. The van der Waals surface area contributed by atoms with E-state index in [4.69, 9.17) is 0 Å². The van der Waals surface area contributed by atoms with Gasteiger partial charge in [0.05, 0.1) is 7.11 Å². The van der Waals surface area contributed by atoms with Crippen molar-refractivity contribution in [3.05, 3.63) is 0 Å². The largest absolute Gasteiger partial charge is 0.468 e. The van der Waals surface area contributed by atoms with Crippen LogP contribution in [0.1, 0.15) is 26.7 Å². The highest BCUT2D eigenvalue weighted by atomic mass is 79.9. The van der Waals surface area contributed by atoms with Crippen LogP contribution in [-0.2, 0) is 9.53 Å². The van der Waals surface area contributed by atoms with Gasteiger partial charge in [0.1, 0.15) is 4.83 Å². The standard InChI is InChI=1S/C11H20BrNO2/c1-11(2)4-6-13(7-5-11)8-9(12)10(14)15-3/h9H,4-8H2,1-3H3. The van der Waals surface area contributed by atoms with E-state index in [9.17, 15) is 4.79 Å². The average molecular weight is 278 g/mol. The molecule has 88 valence electrons. The molecule has 1 aliphatic heterocycles. The third-order valence-corrected chi connectivity index (χ3v) is 3.75. The van der Waals surface area contributed by atoms with Crippen LogP contribution in [0.25, 0.3) is 0 Å². The van der Waals surface area contributed by atoms with E-state index in [1.54, 1.807) is 0 Å². The summed E-state index contributed by atoms with van der Waals surface area (Å²) in [5, 5.41) is 0. The van der Waals surface area contributed by atoms with Crippen LogP contribution in [0.4, 0.5) is 0 Å². The van der Waals surface area contributed by atoms with E-state index in [2.05, 4.69) is 39.4 Å². The fourth-order valence-corrected chi connectivity index (χ4v) is 2.37. The molecule has 0 bridgehead atoms. The summed E-state index contributed by atoms with van der Waals surface area (Å²) in [6.45, 7) is 7.51. The van der Waals surface area contributed by atoms with Gasteiger partial charge in [0, 0.05) is 6.54 Å². The Morgan fingerprint density at radius 1 is 1.47 bits per heavy atom. The van der Waals surface area contributed by atoms with Crippen molar-refractivity contribution in [2.45, 2.75) is 31.5 Å². The van der Waals surface area contributed by atoms with Crippen LogP contribution in [0.2, 0.25) is 0 Å². The summed E-state index contributed by atoms with van der Waals surface area (Å²) in [4.78, 5) is 13.3. The van der Waals surface area contributed by atoms with Crippen LogP contribution < -0.4 is 0 Å². The molecule has 1 saturated heterocycles. The summed E-state index contributed by atoms with van der Waals surface area (Å²) in [6.07, 6.45) is 2.40. The molecular formula is C11H20BrNO2. The Bertz CT molecular complexity index is 221. The highest BCUT2D eigenvalue weighted by Gasteiger charge is 2.27. The topological polar surface area (TPSA) is 29.5 Å². The van der Waals surface area contributed by atoms with Gasteiger partial charge in [0.25, 0.3) is 0 Å². The quantitative estimate of drug-likeness (QED) is 0.584. The van der Waals surface area contributed by atoms with Crippen molar-refractivity contribution in [2.75, 3.05) is 26.7 Å². The van der Waals surface area contributed by atoms with Gasteiger partial charge in [-0.15, -0.1) is 0 Å². The van der Waals surface area contributed by atoms with E-state index < -0.39 is 0 Å². The van der Waals surface area contributed by atoms with Crippen molar-refractivity contribution in [1.29, 1.82) is 0 Å². The molecule has 0 amide bonds. The van der Waals surface area contributed by atoms with E-state index >= 15 is 0 Å². The van der Waals surface area contributed by atoms with Gasteiger partial charge in [0.2, 0.25) is 0 Å². The first kappa shape index (κ1) is 13.0. The van der Waals surface area contributed by atoms with Gasteiger partial charge in [0.15, 0.2) is 0 Å². The normalized spacial score (nSPS) is 23.5. The van der Waals surface area contributed by atoms with Gasteiger partial charge in [-0.3, -0.25) is 4.79 Å². The van der Waals surface area contributed by atoms with Gasteiger partial charge >= 0.3 is 5.97 Å². The summed E-state index contributed by atoms with van der Waals surface area (Å²) < 4.78 is 4.68. The molecule has 0 N–H and O–H groups in total. The zero-order valence-electron chi connectivity index (χ0n) is 9.75. The first-order valence-corrected chi connectivity index (χ1v) is 6.30. The molecule has 1 unspecified atom stereocenters. The molecule has 3 nitrogen and oxygen atoms in total. The first-order valence-electron chi connectivity index (χ1n) is 5.39. The Balaban J connectivity index is 2.32. The molecule has 0 aromatic rings. The second kappa shape index (κ2) is 5.30. The number of hydrogen-bond acceptors (Lipinski definition) is 3. The molecule has 1 heterocycles. The number of likely N-dealkylation sites (tertiary alicyclic amines) is 1. The molecule has 4 heteroatoms. The van der Waals surface area contributed by atoms with Crippen LogP contribution in [0.5, 0.6) is 0 Å². The molecule has 0 aliphatic carbocycles. The van der Waals surface area contributed by atoms with Gasteiger partial charge in [-0.2, -0.15) is 0 Å². The molecule has 0 spiro atoms. The van der Waals surface area contributed by atoms with Crippen molar-refractivity contribution >= 4 is 21.9 Å². The number of piperidine rings is 1. The van der Waals surface area contributed by atoms with Crippen molar-refractivity contribution in [3.63, 3.8) is 0 Å².